The van der Waals surface area contributed by atoms with Crippen molar-refractivity contribution in [2.45, 2.75) is 19.4 Å². The summed E-state index contributed by atoms with van der Waals surface area (Å²) < 4.78 is 24.5. The van der Waals surface area contributed by atoms with Gasteiger partial charge in [0.1, 0.15) is 11.6 Å². The first-order chi connectivity index (χ1) is 13.6. The van der Waals surface area contributed by atoms with E-state index in [9.17, 15) is 28.4 Å². The number of aromatic carboxylic acids is 1. The van der Waals surface area contributed by atoms with Gasteiger partial charge in [-0.3, -0.25) is 14.4 Å². The van der Waals surface area contributed by atoms with E-state index in [-0.39, 0.29) is 40.2 Å². The van der Waals surface area contributed by atoms with E-state index in [2.05, 4.69) is 4.99 Å². The van der Waals surface area contributed by atoms with Gasteiger partial charge in [-0.15, -0.1) is 0 Å². The predicted molar refractivity (Wildman–Crippen MR) is 105 cm³/mol. The summed E-state index contributed by atoms with van der Waals surface area (Å²) >= 11 is 0. The van der Waals surface area contributed by atoms with Crippen molar-refractivity contribution in [3.63, 3.8) is 0 Å². The average Bonchev–Trinajstić information content (AvgIpc) is 3.01. The molecule has 1 aliphatic rings. The Hall–Kier alpha value is -3.45. The molecule has 0 spiro atoms. The zero-order valence-electron chi connectivity index (χ0n) is 15.4. The highest BCUT2D eigenvalue weighted by molar-refractivity contribution is 7.91. The largest absolute Gasteiger partial charge is 0.494 e. The molecule has 1 saturated heterocycles. The predicted octanol–water partition coefficient (Wildman–Crippen LogP) is 1.54. The minimum atomic E-state index is -3.33. The molecule has 29 heavy (non-hydrogen) atoms. The molecule has 1 aliphatic heterocycles. The maximum absolute atomic E-state index is 12.7. The molecule has 1 atom stereocenters. The van der Waals surface area contributed by atoms with Crippen LogP contribution in [0.5, 0.6) is 5.88 Å². The van der Waals surface area contributed by atoms with Gasteiger partial charge in [0, 0.05) is 6.21 Å². The number of sulfone groups is 1. The molecule has 9 nitrogen and oxygen atoms in total. The zero-order valence-corrected chi connectivity index (χ0v) is 16.2. The number of nitrogens with zero attached hydrogens (tertiary/aromatic N) is 3. The number of carbonyl (C=O) groups is 1. The van der Waals surface area contributed by atoms with Crippen molar-refractivity contribution in [3.05, 3.63) is 56.9 Å². The van der Waals surface area contributed by atoms with Gasteiger partial charge in [0.25, 0.3) is 5.56 Å². The van der Waals surface area contributed by atoms with E-state index in [1.165, 1.54) is 31.3 Å². The number of rotatable bonds is 4. The number of aliphatic imine (C=N–C) groups is 1. The first-order valence-corrected chi connectivity index (χ1v) is 10.4. The average molecular weight is 415 g/mol. The molecule has 0 saturated carbocycles. The molecule has 2 heterocycles. The summed E-state index contributed by atoms with van der Waals surface area (Å²) in [5.41, 5.74) is -0.360. The van der Waals surface area contributed by atoms with Crippen molar-refractivity contribution in [2.75, 3.05) is 11.5 Å². The maximum Gasteiger partial charge on any atom is 0.335 e. The van der Waals surface area contributed by atoms with Gasteiger partial charge in [-0.05, 0) is 37.1 Å². The molecule has 0 bridgehead atoms. The van der Waals surface area contributed by atoms with E-state index in [4.69, 9.17) is 5.11 Å². The summed E-state index contributed by atoms with van der Waals surface area (Å²) in [6.07, 6.45) is 1.38. The van der Waals surface area contributed by atoms with Crippen LogP contribution in [0, 0.1) is 18.3 Å². The monoisotopic (exact) mass is 415 g/mol. The number of hydrogen-bond donors (Lipinski definition) is 2. The minimum absolute atomic E-state index is 0.0273. The fourth-order valence-corrected chi connectivity index (χ4v) is 4.97. The number of benzene rings is 1. The summed E-state index contributed by atoms with van der Waals surface area (Å²) in [6, 6.07) is 6.82. The minimum Gasteiger partial charge on any atom is -0.494 e. The molecule has 0 unspecified atom stereocenters. The van der Waals surface area contributed by atoms with Crippen LogP contribution in [-0.2, 0) is 9.84 Å². The highest BCUT2D eigenvalue weighted by Crippen LogP contribution is 2.29. The number of aromatic nitrogens is 1. The highest BCUT2D eigenvalue weighted by atomic mass is 32.2. The summed E-state index contributed by atoms with van der Waals surface area (Å²) in [6.45, 7) is 1.48. The van der Waals surface area contributed by atoms with Gasteiger partial charge in [0.05, 0.1) is 34.4 Å². The van der Waals surface area contributed by atoms with Crippen LogP contribution in [0.25, 0.3) is 0 Å². The Bertz CT molecular complexity index is 1240. The Morgan fingerprint density at radius 2 is 2.14 bits per heavy atom. The second kappa shape index (κ2) is 7.52. The smallest absolute Gasteiger partial charge is 0.335 e. The van der Waals surface area contributed by atoms with E-state index in [1.54, 1.807) is 12.1 Å². The van der Waals surface area contributed by atoms with E-state index in [1.807, 2.05) is 0 Å². The van der Waals surface area contributed by atoms with Crippen molar-refractivity contribution in [1.82, 2.24) is 4.57 Å². The van der Waals surface area contributed by atoms with Crippen LogP contribution >= 0.6 is 0 Å². The summed E-state index contributed by atoms with van der Waals surface area (Å²) in [5, 5.41) is 29.2. The molecule has 2 N–H and O–H groups in total. The first-order valence-electron chi connectivity index (χ1n) is 8.60. The van der Waals surface area contributed by atoms with Gasteiger partial charge in [-0.2, -0.15) is 5.26 Å². The molecule has 0 amide bonds. The van der Waals surface area contributed by atoms with Crippen molar-refractivity contribution >= 4 is 27.7 Å². The third-order valence-corrected chi connectivity index (χ3v) is 6.55. The summed E-state index contributed by atoms with van der Waals surface area (Å²) in [7, 11) is -3.33. The van der Waals surface area contributed by atoms with Crippen molar-refractivity contribution in [1.29, 1.82) is 5.26 Å². The first kappa shape index (κ1) is 20.3. The van der Waals surface area contributed by atoms with Crippen molar-refractivity contribution in [3.8, 4) is 11.9 Å². The second-order valence-electron chi connectivity index (χ2n) is 6.69. The highest BCUT2D eigenvalue weighted by Gasteiger charge is 2.33. The maximum atomic E-state index is 12.7. The van der Waals surface area contributed by atoms with Crippen molar-refractivity contribution in [2.24, 2.45) is 4.99 Å². The molecular formula is C19H17N3O6S. The molecule has 1 aromatic carbocycles. The lowest BCUT2D eigenvalue weighted by molar-refractivity contribution is 0.0697. The Kier molecular flexibility index (Phi) is 5.26. The van der Waals surface area contributed by atoms with Gasteiger partial charge in [0.2, 0.25) is 5.88 Å². The van der Waals surface area contributed by atoms with Crippen LogP contribution in [0.1, 0.15) is 39.5 Å². The van der Waals surface area contributed by atoms with Crippen LogP contribution in [0.4, 0.5) is 5.69 Å². The number of hydrogen-bond acceptors (Lipinski definition) is 7. The van der Waals surface area contributed by atoms with E-state index >= 15 is 0 Å². The number of pyridine rings is 1. The van der Waals surface area contributed by atoms with E-state index < -0.39 is 33.3 Å². The van der Waals surface area contributed by atoms with Crippen LogP contribution in [0.2, 0.25) is 0 Å². The number of carboxylic acid groups (broad SMARTS) is 1. The van der Waals surface area contributed by atoms with Crippen LogP contribution in [0.3, 0.4) is 0 Å². The summed E-state index contributed by atoms with van der Waals surface area (Å²) in [5.74, 6) is -2.01. The standard InChI is InChI=1S/C19H17N3O6S/c1-11-15(8-20)17(23)22(14-5-6-29(27,28)10-14)18(24)16(11)9-21-13-4-2-3-12(7-13)19(25)26/h2-4,7,9,14,24H,5-6,10H2,1H3,(H,25,26)/t14-/m1/s1. The van der Waals surface area contributed by atoms with Gasteiger partial charge in [-0.1, -0.05) is 6.07 Å². The lowest BCUT2D eigenvalue weighted by Crippen LogP contribution is -2.29. The van der Waals surface area contributed by atoms with Crippen LogP contribution in [0.15, 0.2) is 34.1 Å². The second-order valence-corrected chi connectivity index (χ2v) is 8.92. The van der Waals surface area contributed by atoms with Crippen LogP contribution in [-0.4, -0.2) is 46.9 Å². The van der Waals surface area contributed by atoms with Gasteiger partial charge in [0.15, 0.2) is 9.84 Å². The summed E-state index contributed by atoms with van der Waals surface area (Å²) in [4.78, 5) is 27.9. The number of carboxylic acids is 1. The van der Waals surface area contributed by atoms with Gasteiger partial charge >= 0.3 is 5.97 Å². The Balaban J connectivity index is 2.13. The fourth-order valence-electron chi connectivity index (χ4n) is 3.27. The molecule has 0 radical (unpaired) electrons. The number of nitriles is 1. The van der Waals surface area contributed by atoms with Crippen LogP contribution < -0.4 is 5.56 Å². The Morgan fingerprint density at radius 1 is 1.41 bits per heavy atom. The molecular weight excluding hydrogens is 398 g/mol. The molecule has 3 rings (SSSR count). The molecule has 150 valence electrons. The van der Waals surface area contributed by atoms with Crippen molar-refractivity contribution < 1.29 is 23.4 Å². The van der Waals surface area contributed by atoms with Gasteiger partial charge < -0.3 is 10.2 Å². The normalized spacial score (nSPS) is 18.0. The Morgan fingerprint density at radius 3 is 2.72 bits per heavy atom. The molecule has 2 aromatic rings. The molecule has 0 aliphatic carbocycles. The lowest BCUT2D eigenvalue weighted by atomic mass is 10.0. The van der Waals surface area contributed by atoms with E-state index in [0.717, 1.165) is 4.57 Å². The molecule has 1 fully saturated rings. The quantitative estimate of drug-likeness (QED) is 0.719. The Labute approximate surface area is 166 Å². The third kappa shape index (κ3) is 3.90. The SMILES string of the molecule is Cc1c(C=Nc2cccc(C(=O)O)c2)c(O)n([C@@H]2CCS(=O)(=O)C2)c(=O)c1C#N. The third-order valence-electron chi connectivity index (χ3n) is 4.80. The molecule has 1 aromatic heterocycles. The molecule has 10 heteroatoms. The lowest BCUT2D eigenvalue weighted by Gasteiger charge is -2.18. The fraction of sp³-hybridized carbons (Fsp3) is 0.263. The topological polar surface area (TPSA) is 150 Å². The van der Waals surface area contributed by atoms with Gasteiger partial charge in [-0.25, -0.2) is 13.2 Å². The number of aromatic hydroxyl groups is 1. The van der Waals surface area contributed by atoms with E-state index in [0.29, 0.717) is 5.69 Å². The zero-order chi connectivity index (χ0) is 21.3.